The van der Waals surface area contributed by atoms with Gasteiger partial charge in [-0.05, 0) is 30.7 Å². The molecule has 0 atom stereocenters. The molecule has 0 spiro atoms. The number of amides is 1. The van der Waals surface area contributed by atoms with Crippen LogP contribution in [0.25, 0.3) is 20.6 Å². The number of oxazole rings is 1. The number of nitrogens with zero attached hydrogens (tertiary/aromatic N) is 3. The lowest BCUT2D eigenvalue weighted by molar-refractivity contribution is 0.103. The molecule has 0 saturated carbocycles. The predicted octanol–water partition coefficient (Wildman–Crippen LogP) is 4.53. The van der Waals surface area contributed by atoms with Gasteiger partial charge in [-0.15, -0.1) is 11.3 Å². The van der Waals surface area contributed by atoms with Crippen molar-refractivity contribution < 1.29 is 13.9 Å². The molecule has 146 valence electrons. The normalized spacial score (nSPS) is 11.4. The van der Waals surface area contributed by atoms with Crippen LogP contribution in [0.15, 0.2) is 28.7 Å². The van der Waals surface area contributed by atoms with Crippen LogP contribution in [-0.2, 0) is 4.74 Å². The molecule has 0 aliphatic heterocycles. The smallest absolute Gasteiger partial charge is 0.265 e. The molecule has 28 heavy (non-hydrogen) atoms. The summed E-state index contributed by atoms with van der Waals surface area (Å²) in [4.78, 5) is 25.2. The number of rotatable bonds is 7. The van der Waals surface area contributed by atoms with Crippen molar-refractivity contribution in [1.82, 2.24) is 9.97 Å². The molecule has 4 aromatic rings. The number of methoxy groups -OCH3 is 1. The number of hydrogen-bond donors (Lipinski definition) is 1. The monoisotopic (exact) mass is 416 g/mol. The average Bonchev–Trinajstić information content (AvgIpc) is 3.33. The fourth-order valence-electron chi connectivity index (χ4n) is 2.85. The average molecular weight is 417 g/mol. The molecule has 0 bridgehead atoms. The van der Waals surface area contributed by atoms with E-state index in [9.17, 15) is 4.79 Å². The molecule has 0 saturated heterocycles. The highest BCUT2D eigenvalue weighted by atomic mass is 32.1. The topological polar surface area (TPSA) is 80.5 Å². The Morgan fingerprint density at radius 2 is 2.14 bits per heavy atom. The van der Waals surface area contributed by atoms with Crippen molar-refractivity contribution in [3.05, 3.63) is 35.0 Å². The number of aromatic nitrogens is 2. The van der Waals surface area contributed by atoms with Gasteiger partial charge in [0.25, 0.3) is 5.91 Å². The van der Waals surface area contributed by atoms with Crippen molar-refractivity contribution in [1.29, 1.82) is 0 Å². The van der Waals surface area contributed by atoms with Gasteiger partial charge in [-0.3, -0.25) is 4.79 Å². The first-order valence-electron chi connectivity index (χ1n) is 8.82. The number of hydrogen-bond acceptors (Lipinski definition) is 8. The van der Waals surface area contributed by atoms with E-state index in [0.717, 1.165) is 39.8 Å². The zero-order chi connectivity index (χ0) is 19.7. The van der Waals surface area contributed by atoms with E-state index >= 15 is 0 Å². The van der Waals surface area contributed by atoms with Crippen LogP contribution in [-0.4, -0.2) is 43.2 Å². The minimum atomic E-state index is -0.148. The third-order valence-electron chi connectivity index (χ3n) is 4.22. The molecular formula is C19H20N4O3S2. The van der Waals surface area contributed by atoms with E-state index in [-0.39, 0.29) is 5.91 Å². The number of thiazole rings is 1. The van der Waals surface area contributed by atoms with Gasteiger partial charge in [-0.1, -0.05) is 11.3 Å². The Kier molecular flexibility index (Phi) is 5.29. The highest BCUT2D eigenvalue weighted by Crippen LogP contribution is 2.34. The summed E-state index contributed by atoms with van der Waals surface area (Å²) in [5, 5.41) is 3.88. The Hall–Kier alpha value is -2.49. The Bertz CT molecular complexity index is 1100. The van der Waals surface area contributed by atoms with Gasteiger partial charge in [0.05, 0.1) is 9.58 Å². The second-order valence-electron chi connectivity index (χ2n) is 6.41. The molecule has 1 N–H and O–H groups in total. The number of thiophene rings is 1. The van der Waals surface area contributed by atoms with E-state index in [4.69, 9.17) is 9.15 Å². The lowest BCUT2D eigenvalue weighted by Gasteiger charge is -2.14. The van der Waals surface area contributed by atoms with E-state index in [1.54, 1.807) is 25.4 Å². The first-order valence-corrected chi connectivity index (χ1v) is 10.5. The largest absolute Gasteiger partial charge is 0.441 e. The van der Waals surface area contributed by atoms with Crippen molar-refractivity contribution in [3.63, 3.8) is 0 Å². The second-order valence-corrected chi connectivity index (χ2v) is 8.45. The lowest BCUT2D eigenvalue weighted by atomic mass is 10.3. The summed E-state index contributed by atoms with van der Waals surface area (Å²) < 4.78 is 11.6. The van der Waals surface area contributed by atoms with Gasteiger partial charge in [0.2, 0.25) is 0 Å². The van der Waals surface area contributed by atoms with Crippen LogP contribution in [0, 0.1) is 6.92 Å². The summed E-state index contributed by atoms with van der Waals surface area (Å²) in [6.45, 7) is 3.41. The summed E-state index contributed by atoms with van der Waals surface area (Å²) >= 11 is 3.00. The standard InChI is InChI=1S/C19H20N4O3S2/c1-11-20-13-9-12(5-6-14(13)26-11)21-17(24)15-10-16-18(27-15)22-19(28-16)23(2)7-4-8-25-3/h5-6,9-10H,4,7-8H2,1-3H3,(H,21,24). The molecule has 3 aromatic heterocycles. The van der Waals surface area contributed by atoms with Crippen molar-refractivity contribution in [2.45, 2.75) is 13.3 Å². The number of aryl methyl sites for hydroxylation is 1. The zero-order valence-electron chi connectivity index (χ0n) is 15.8. The maximum absolute atomic E-state index is 12.6. The number of carbonyl (C=O) groups is 1. The summed E-state index contributed by atoms with van der Waals surface area (Å²) in [5.41, 5.74) is 2.12. The van der Waals surface area contributed by atoms with Gasteiger partial charge in [0, 0.05) is 39.9 Å². The fraction of sp³-hybridized carbons (Fsp3) is 0.316. The van der Waals surface area contributed by atoms with E-state index in [2.05, 4.69) is 20.2 Å². The Labute approximate surface area is 170 Å². The summed E-state index contributed by atoms with van der Waals surface area (Å²) in [7, 11) is 3.73. The first kappa shape index (κ1) is 18.9. The van der Waals surface area contributed by atoms with Gasteiger partial charge in [-0.2, -0.15) is 0 Å². The third kappa shape index (κ3) is 3.87. The SMILES string of the molecule is COCCCN(C)c1nc2sc(C(=O)Nc3ccc4oc(C)nc4c3)cc2s1. The minimum absolute atomic E-state index is 0.148. The molecule has 1 aromatic carbocycles. The number of nitrogens with one attached hydrogen (secondary N) is 1. The van der Waals surface area contributed by atoms with E-state index in [1.807, 2.05) is 31.3 Å². The van der Waals surface area contributed by atoms with E-state index in [0.29, 0.717) is 22.0 Å². The van der Waals surface area contributed by atoms with E-state index < -0.39 is 0 Å². The van der Waals surface area contributed by atoms with Crippen molar-refractivity contribution in [2.75, 3.05) is 37.5 Å². The number of ether oxygens (including phenoxy) is 1. The predicted molar refractivity (Wildman–Crippen MR) is 114 cm³/mol. The highest BCUT2D eigenvalue weighted by Gasteiger charge is 2.16. The van der Waals surface area contributed by atoms with Gasteiger partial charge in [0.1, 0.15) is 10.3 Å². The third-order valence-corrected chi connectivity index (χ3v) is 6.50. The molecule has 9 heteroatoms. The Morgan fingerprint density at radius 3 is 2.93 bits per heavy atom. The molecular weight excluding hydrogens is 396 g/mol. The summed E-state index contributed by atoms with van der Waals surface area (Å²) in [5.74, 6) is 0.454. The number of anilines is 2. The van der Waals surface area contributed by atoms with Crippen LogP contribution < -0.4 is 10.2 Å². The summed E-state index contributed by atoms with van der Waals surface area (Å²) in [6.07, 6.45) is 0.948. The van der Waals surface area contributed by atoms with E-state index in [1.165, 1.54) is 11.3 Å². The maximum atomic E-state index is 12.6. The lowest BCUT2D eigenvalue weighted by Crippen LogP contribution is -2.19. The minimum Gasteiger partial charge on any atom is -0.441 e. The molecule has 1 amide bonds. The Balaban J connectivity index is 1.47. The van der Waals surface area contributed by atoms with Crippen LogP contribution in [0.2, 0.25) is 0 Å². The van der Waals surface area contributed by atoms with Gasteiger partial charge >= 0.3 is 0 Å². The van der Waals surface area contributed by atoms with Gasteiger partial charge < -0.3 is 19.4 Å². The number of fused-ring (bicyclic) bond motifs is 2. The van der Waals surface area contributed by atoms with Crippen molar-refractivity contribution in [3.8, 4) is 0 Å². The maximum Gasteiger partial charge on any atom is 0.265 e. The Morgan fingerprint density at radius 1 is 1.29 bits per heavy atom. The molecule has 3 heterocycles. The summed E-state index contributed by atoms with van der Waals surface area (Å²) in [6, 6.07) is 7.33. The molecule has 0 fully saturated rings. The molecule has 7 nitrogen and oxygen atoms in total. The van der Waals surface area contributed by atoms with Crippen LogP contribution in [0.4, 0.5) is 10.8 Å². The van der Waals surface area contributed by atoms with Crippen LogP contribution in [0.5, 0.6) is 0 Å². The molecule has 0 radical (unpaired) electrons. The number of benzene rings is 1. The zero-order valence-corrected chi connectivity index (χ0v) is 17.4. The molecule has 0 unspecified atom stereocenters. The molecule has 0 aliphatic rings. The van der Waals surface area contributed by atoms with Crippen LogP contribution in [0.1, 0.15) is 22.0 Å². The highest BCUT2D eigenvalue weighted by molar-refractivity contribution is 7.29. The van der Waals surface area contributed by atoms with Crippen LogP contribution >= 0.6 is 22.7 Å². The second kappa shape index (κ2) is 7.86. The molecule has 0 aliphatic carbocycles. The quantitative estimate of drug-likeness (QED) is 0.446. The number of carbonyl (C=O) groups excluding carboxylic acids is 1. The van der Waals surface area contributed by atoms with Gasteiger partial charge in [-0.25, -0.2) is 9.97 Å². The van der Waals surface area contributed by atoms with Crippen molar-refractivity contribution >= 4 is 60.0 Å². The van der Waals surface area contributed by atoms with Gasteiger partial charge in [0.15, 0.2) is 16.6 Å². The van der Waals surface area contributed by atoms with Crippen molar-refractivity contribution in [2.24, 2.45) is 0 Å². The fourth-order valence-corrected chi connectivity index (χ4v) is 4.95. The first-order chi connectivity index (χ1) is 13.5. The van der Waals surface area contributed by atoms with Crippen LogP contribution in [0.3, 0.4) is 0 Å². The molecule has 4 rings (SSSR count).